The molecule has 0 aliphatic heterocycles. The fourth-order valence-corrected chi connectivity index (χ4v) is 1.78. The van der Waals surface area contributed by atoms with Crippen molar-refractivity contribution >= 4 is 5.82 Å². The van der Waals surface area contributed by atoms with Crippen molar-refractivity contribution in [1.29, 1.82) is 0 Å². The second-order valence-corrected chi connectivity index (χ2v) is 4.49. The largest absolute Gasteiger partial charge is 0.492 e. The minimum absolute atomic E-state index is 0.341. The van der Waals surface area contributed by atoms with Gasteiger partial charge in [0, 0.05) is 24.4 Å². The number of hydrogen-bond acceptors (Lipinski definition) is 6. The first-order valence-electron chi connectivity index (χ1n) is 7.02. The zero-order valence-electron chi connectivity index (χ0n) is 12.4. The Morgan fingerprint density at radius 2 is 2.00 bits per heavy atom. The third-order valence-corrected chi connectivity index (χ3v) is 2.71. The molecule has 0 fully saturated rings. The number of aromatic nitrogens is 3. The molecular weight excluding hydrogens is 268 g/mol. The van der Waals surface area contributed by atoms with Gasteiger partial charge in [0.15, 0.2) is 5.82 Å². The second kappa shape index (κ2) is 7.54. The summed E-state index contributed by atoms with van der Waals surface area (Å²) in [7, 11) is 0. The first-order valence-corrected chi connectivity index (χ1v) is 7.02. The minimum atomic E-state index is 0.341. The summed E-state index contributed by atoms with van der Waals surface area (Å²) >= 11 is 0. The van der Waals surface area contributed by atoms with Gasteiger partial charge in [-0.05, 0) is 19.4 Å². The Morgan fingerprint density at radius 1 is 1.14 bits per heavy atom. The summed E-state index contributed by atoms with van der Waals surface area (Å²) in [6.45, 7) is 5.59. The van der Waals surface area contributed by atoms with E-state index in [0.29, 0.717) is 37.2 Å². The Hall–Kier alpha value is -2.21. The second-order valence-electron chi connectivity index (χ2n) is 4.49. The predicted molar refractivity (Wildman–Crippen MR) is 80.8 cm³/mol. The molecule has 0 atom stereocenters. The van der Waals surface area contributed by atoms with Gasteiger partial charge in [-0.25, -0.2) is 9.97 Å². The summed E-state index contributed by atoms with van der Waals surface area (Å²) in [5, 5.41) is 0. The van der Waals surface area contributed by atoms with Crippen LogP contribution in [0.2, 0.25) is 0 Å². The summed E-state index contributed by atoms with van der Waals surface area (Å²) < 4.78 is 10.9. The van der Waals surface area contributed by atoms with Crippen molar-refractivity contribution < 1.29 is 9.47 Å². The third-order valence-electron chi connectivity index (χ3n) is 2.71. The molecule has 0 aromatic carbocycles. The monoisotopic (exact) mass is 288 g/mol. The molecule has 2 N–H and O–H groups in total. The lowest BCUT2D eigenvalue weighted by Crippen LogP contribution is -2.04. The van der Waals surface area contributed by atoms with Crippen LogP contribution < -0.4 is 10.5 Å². The highest BCUT2D eigenvalue weighted by molar-refractivity contribution is 5.62. The average molecular weight is 288 g/mol. The molecule has 0 radical (unpaired) electrons. The van der Waals surface area contributed by atoms with E-state index in [0.717, 1.165) is 17.7 Å². The Balaban J connectivity index is 2.26. The molecule has 2 rings (SSSR count). The maximum atomic E-state index is 5.83. The summed E-state index contributed by atoms with van der Waals surface area (Å²) in [4.78, 5) is 12.8. The lowest BCUT2D eigenvalue weighted by Gasteiger charge is -2.08. The van der Waals surface area contributed by atoms with Crippen LogP contribution in [0, 0.1) is 0 Å². The van der Waals surface area contributed by atoms with E-state index in [2.05, 4.69) is 21.9 Å². The van der Waals surface area contributed by atoms with Gasteiger partial charge in [-0.2, -0.15) is 0 Å². The molecule has 0 spiro atoms. The Morgan fingerprint density at radius 3 is 2.76 bits per heavy atom. The van der Waals surface area contributed by atoms with Crippen LogP contribution >= 0.6 is 0 Å². The van der Waals surface area contributed by atoms with E-state index in [1.165, 1.54) is 0 Å². The van der Waals surface area contributed by atoms with Gasteiger partial charge in [0.05, 0.1) is 18.5 Å². The third kappa shape index (κ3) is 4.39. The minimum Gasteiger partial charge on any atom is -0.492 e. The maximum absolute atomic E-state index is 5.83. The lowest BCUT2D eigenvalue weighted by molar-refractivity contribution is 0.128. The molecule has 6 heteroatoms. The number of ether oxygens (including phenoxy) is 2. The molecule has 0 amide bonds. The first-order chi connectivity index (χ1) is 10.2. The summed E-state index contributed by atoms with van der Waals surface area (Å²) in [6, 6.07) is 3.62. The summed E-state index contributed by atoms with van der Waals surface area (Å²) in [6.07, 6.45) is 4.36. The molecule has 0 aliphatic rings. The number of nitrogens with two attached hydrogens (primary N) is 1. The Labute approximate surface area is 124 Å². The number of hydrogen-bond donors (Lipinski definition) is 1. The van der Waals surface area contributed by atoms with Crippen LogP contribution in [0.15, 0.2) is 24.5 Å². The normalized spacial score (nSPS) is 10.6. The van der Waals surface area contributed by atoms with E-state index in [1.54, 1.807) is 18.5 Å². The van der Waals surface area contributed by atoms with E-state index in [-0.39, 0.29) is 0 Å². The van der Waals surface area contributed by atoms with E-state index in [4.69, 9.17) is 15.2 Å². The van der Waals surface area contributed by atoms with E-state index >= 15 is 0 Å². The van der Waals surface area contributed by atoms with Gasteiger partial charge in [0.2, 0.25) is 0 Å². The molecule has 2 aromatic heterocycles. The van der Waals surface area contributed by atoms with Gasteiger partial charge in [0.25, 0.3) is 0 Å². The molecule has 21 heavy (non-hydrogen) atoms. The van der Waals surface area contributed by atoms with Crippen LogP contribution in [0.3, 0.4) is 0 Å². The van der Waals surface area contributed by atoms with Crippen molar-refractivity contribution in [2.45, 2.75) is 26.9 Å². The Bertz CT molecular complexity index is 590. The number of anilines is 1. The highest BCUT2D eigenvalue weighted by atomic mass is 16.5. The molecule has 0 saturated carbocycles. The number of nitrogen functional groups attached to an aromatic ring is 1. The molecule has 0 aliphatic carbocycles. The highest BCUT2D eigenvalue weighted by Gasteiger charge is 2.07. The van der Waals surface area contributed by atoms with Crippen molar-refractivity contribution in [3.8, 4) is 17.0 Å². The molecule has 2 heterocycles. The summed E-state index contributed by atoms with van der Waals surface area (Å²) in [5.41, 5.74) is 7.39. The van der Waals surface area contributed by atoms with E-state index in [9.17, 15) is 0 Å². The first kappa shape index (κ1) is 15.2. The molecule has 0 bridgehead atoms. The lowest BCUT2D eigenvalue weighted by atomic mass is 10.2. The van der Waals surface area contributed by atoms with E-state index < -0.39 is 0 Å². The van der Waals surface area contributed by atoms with Crippen molar-refractivity contribution in [2.24, 2.45) is 0 Å². The Kier molecular flexibility index (Phi) is 5.45. The number of nitrogens with zero attached hydrogens (tertiary/aromatic N) is 3. The van der Waals surface area contributed by atoms with Gasteiger partial charge in [0.1, 0.15) is 18.2 Å². The SMILES string of the molecule is CCCOc1cncc(-c2cc(N)nc(COCC)n2)c1. The van der Waals surface area contributed by atoms with Gasteiger partial charge < -0.3 is 15.2 Å². The van der Waals surface area contributed by atoms with Crippen LogP contribution in [-0.2, 0) is 11.3 Å². The van der Waals surface area contributed by atoms with Crippen LogP contribution in [0.1, 0.15) is 26.1 Å². The van der Waals surface area contributed by atoms with Crippen LogP contribution in [0.5, 0.6) is 5.75 Å². The topological polar surface area (TPSA) is 83.2 Å². The van der Waals surface area contributed by atoms with Crippen LogP contribution in [0.4, 0.5) is 5.82 Å². The predicted octanol–water partition coefficient (Wildman–Crippen LogP) is 2.45. The van der Waals surface area contributed by atoms with Gasteiger partial charge in [-0.15, -0.1) is 0 Å². The highest BCUT2D eigenvalue weighted by Crippen LogP contribution is 2.22. The van der Waals surface area contributed by atoms with Crippen molar-refractivity contribution in [1.82, 2.24) is 15.0 Å². The summed E-state index contributed by atoms with van der Waals surface area (Å²) in [5.74, 6) is 1.69. The van der Waals surface area contributed by atoms with Gasteiger partial charge in [-0.3, -0.25) is 4.98 Å². The van der Waals surface area contributed by atoms with Crippen molar-refractivity contribution in [2.75, 3.05) is 18.9 Å². The fourth-order valence-electron chi connectivity index (χ4n) is 1.78. The molecule has 0 unspecified atom stereocenters. The molecule has 112 valence electrons. The van der Waals surface area contributed by atoms with E-state index in [1.807, 2.05) is 13.0 Å². The van der Waals surface area contributed by atoms with Gasteiger partial charge in [-0.1, -0.05) is 6.92 Å². The van der Waals surface area contributed by atoms with Crippen LogP contribution in [-0.4, -0.2) is 28.2 Å². The van der Waals surface area contributed by atoms with Crippen molar-refractivity contribution in [3.63, 3.8) is 0 Å². The molecule has 2 aromatic rings. The quantitative estimate of drug-likeness (QED) is 0.842. The van der Waals surface area contributed by atoms with Gasteiger partial charge >= 0.3 is 0 Å². The van der Waals surface area contributed by atoms with Crippen molar-refractivity contribution in [3.05, 3.63) is 30.4 Å². The zero-order chi connectivity index (χ0) is 15.1. The standard InChI is InChI=1S/C15H20N4O2/c1-3-5-21-12-6-11(8-17-9-12)13-7-14(16)19-15(18-13)10-20-4-2/h6-9H,3-5,10H2,1-2H3,(H2,16,18,19). The number of pyridine rings is 1. The molecule has 6 nitrogen and oxygen atoms in total. The number of rotatable bonds is 7. The zero-order valence-corrected chi connectivity index (χ0v) is 12.4. The fraction of sp³-hybridized carbons (Fsp3) is 0.400. The average Bonchev–Trinajstić information content (AvgIpc) is 2.50. The molecule has 0 saturated heterocycles. The maximum Gasteiger partial charge on any atom is 0.157 e. The molecular formula is C15H20N4O2. The smallest absolute Gasteiger partial charge is 0.157 e. The van der Waals surface area contributed by atoms with Crippen LogP contribution in [0.25, 0.3) is 11.3 Å².